The second-order valence-corrected chi connectivity index (χ2v) is 4.53. The predicted molar refractivity (Wildman–Crippen MR) is 66.5 cm³/mol. The lowest BCUT2D eigenvalue weighted by molar-refractivity contribution is 0.0522. The summed E-state index contributed by atoms with van der Waals surface area (Å²) in [6, 6.07) is 0. The SMILES string of the molecule is CCCCCCCC(O)CC(O)CCOC. The first-order chi connectivity index (χ1) is 7.70. The molecule has 0 saturated carbocycles. The fourth-order valence-electron chi connectivity index (χ4n) is 1.79. The largest absolute Gasteiger partial charge is 0.393 e. The molecule has 0 aliphatic rings. The van der Waals surface area contributed by atoms with Crippen LogP contribution in [-0.4, -0.2) is 36.1 Å². The minimum absolute atomic E-state index is 0.353. The van der Waals surface area contributed by atoms with Crippen LogP contribution in [0.3, 0.4) is 0 Å². The van der Waals surface area contributed by atoms with Gasteiger partial charge in [-0.3, -0.25) is 0 Å². The van der Waals surface area contributed by atoms with E-state index in [1.54, 1.807) is 7.11 Å². The van der Waals surface area contributed by atoms with Gasteiger partial charge in [0.2, 0.25) is 0 Å². The van der Waals surface area contributed by atoms with E-state index in [4.69, 9.17) is 4.74 Å². The van der Waals surface area contributed by atoms with Gasteiger partial charge in [0.1, 0.15) is 0 Å². The highest BCUT2D eigenvalue weighted by Gasteiger charge is 2.11. The summed E-state index contributed by atoms with van der Waals surface area (Å²) >= 11 is 0. The van der Waals surface area contributed by atoms with Gasteiger partial charge in [0.25, 0.3) is 0 Å². The first kappa shape index (κ1) is 15.9. The van der Waals surface area contributed by atoms with E-state index >= 15 is 0 Å². The van der Waals surface area contributed by atoms with E-state index in [0.29, 0.717) is 19.4 Å². The molecule has 2 unspecified atom stereocenters. The zero-order valence-corrected chi connectivity index (χ0v) is 10.8. The Morgan fingerprint density at radius 3 is 2.19 bits per heavy atom. The van der Waals surface area contributed by atoms with Crippen LogP contribution in [0.4, 0.5) is 0 Å². The smallest absolute Gasteiger partial charge is 0.0586 e. The summed E-state index contributed by atoms with van der Waals surface area (Å²) < 4.78 is 4.88. The molecule has 0 amide bonds. The highest BCUT2D eigenvalue weighted by Crippen LogP contribution is 2.11. The van der Waals surface area contributed by atoms with Crippen LogP contribution in [0.5, 0.6) is 0 Å². The number of aliphatic hydroxyl groups is 2. The molecule has 0 saturated heterocycles. The Bertz CT molecular complexity index is 139. The van der Waals surface area contributed by atoms with Gasteiger partial charge in [0.15, 0.2) is 0 Å². The Morgan fingerprint density at radius 1 is 0.938 bits per heavy atom. The van der Waals surface area contributed by atoms with Gasteiger partial charge in [-0.2, -0.15) is 0 Å². The molecule has 0 spiro atoms. The lowest BCUT2D eigenvalue weighted by atomic mass is 10.0. The molecule has 0 aromatic rings. The summed E-state index contributed by atoms with van der Waals surface area (Å²) in [5, 5.41) is 19.2. The van der Waals surface area contributed by atoms with Crippen molar-refractivity contribution in [3.8, 4) is 0 Å². The summed E-state index contributed by atoms with van der Waals surface area (Å²) in [6.45, 7) is 2.76. The topological polar surface area (TPSA) is 49.7 Å². The van der Waals surface area contributed by atoms with Crippen LogP contribution in [-0.2, 0) is 4.74 Å². The van der Waals surface area contributed by atoms with Crippen LogP contribution in [0.2, 0.25) is 0 Å². The van der Waals surface area contributed by atoms with Crippen molar-refractivity contribution in [3.05, 3.63) is 0 Å². The molecule has 0 radical (unpaired) electrons. The van der Waals surface area contributed by atoms with Gasteiger partial charge in [-0.25, -0.2) is 0 Å². The average Bonchev–Trinajstić information content (AvgIpc) is 2.26. The summed E-state index contributed by atoms with van der Waals surface area (Å²) in [4.78, 5) is 0. The van der Waals surface area contributed by atoms with Gasteiger partial charge in [0, 0.05) is 13.7 Å². The average molecular weight is 232 g/mol. The Labute approximate surface area is 99.8 Å². The minimum atomic E-state index is -0.425. The summed E-state index contributed by atoms with van der Waals surface area (Å²) in [5.41, 5.74) is 0. The van der Waals surface area contributed by atoms with Gasteiger partial charge in [0.05, 0.1) is 12.2 Å². The normalized spacial score (nSPS) is 15.0. The zero-order chi connectivity index (χ0) is 12.2. The number of hydrogen-bond acceptors (Lipinski definition) is 3. The van der Waals surface area contributed by atoms with Crippen LogP contribution >= 0.6 is 0 Å². The molecule has 2 atom stereocenters. The Kier molecular flexibility index (Phi) is 11.3. The van der Waals surface area contributed by atoms with Crippen molar-refractivity contribution in [1.82, 2.24) is 0 Å². The van der Waals surface area contributed by atoms with E-state index in [9.17, 15) is 10.2 Å². The van der Waals surface area contributed by atoms with Crippen LogP contribution < -0.4 is 0 Å². The van der Waals surface area contributed by atoms with Crippen molar-refractivity contribution >= 4 is 0 Å². The van der Waals surface area contributed by atoms with Gasteiger partial charge in [-0.05, 0) is 19.3 Å². The van der Waals surface area contributed by atoms with Crippen LogP contribution in [0.25, 0.3) is 0 Å². The molecule has 0 rings (SSSR count). The second kappa shape index (κ2) is 11.4. The lowest BCUT2D eigenvalue weighted by Crippen LogP contribution is -2.19. The maximum atomic E-state index is 9.67. The fraction of sp³-hybridized carbons (Fsp3) is 1.00. The molecule has 3 nitrogen and oxygen atoms in total. The molecule has 16 heavy (non-hydrogen) atoms. The van der Waals surface area contributed by atoms with E-state index in [1.165, 1.54) is 25.7 Å². The molecule has 98 valence electrons. The molecule has 3 heteroatoms. The molecular weight excluding hydrogens is 204 g/mol. The molecular formula is C13H28O3. The Balaban J connectivity index is 3.32. The number of aliphatic hydroxyl groups excluding tert-OH is 2. The molecule has 0 bridgehead atoms. The number of ether oxygens (including phenoxy) is 1. The van der Waals surface area contributed by atoms with Crippen molar-refractivity contribution in [2.24, 2.45) is 0 Å². The van der Waals surface area contributed by atoms with Gasteiger partial charge < -0.3 is 14.9 Å². The fourth-order valence-corrected chi connectivity index (χ4v) is 1.79. The molecule has 0 aromatic carbocycles. The van der Waals surface area contributed by atoms with Crippen molar-refractivity contribution in [1.29, 1.82) is 0 Å². The molecule has 0 aromatic heterocycles. The molecule has 2 N–H and O–H groups in total. The van der Waals surface area contributed by atoms with Crippen LogP contribution in [0, 0.1) is 0 Å². The second-order valence-electron chi connectivity index (χ2n) is 4.53. The standard InChI is InChI=1S/C13H28O3/c1-3-4-5-6-7-8-12(14)11-13(15)9-10-16-2/h12-15H,3-11H2,1-2H3. The minimum Gasteiger partial charge on any atom is -0.393 e. The third-order valence-corrected chi connectivity index (χ3v) is 2.84. The maximum Gasteiger partial charge on any atom is 0.0586 e. The molecule has 0 aliphatic heterocycles. The number of unbranched alkanes of at least 4 members (excludes halogenated alkanes) is 4. The third kappa shape index (κ3) is 10.4. The van der Waals surface area contributed by atoms with Crippen molar-refractivity contribution in [3.63, 3.8) is 0 Å². The first-order valence-corrected chi connectivity index (χ1v) is 6.55. The Morgan fingerprint density at radius 2 is 1.56 bits per heavy atom. The van der Waals surface area contributed by atoms with Crippen LogP contribution in [0.1, 0.15) is 58.3 Å². The van der Waals surface area contributed by atoms with E-state index in [2.05, 4.69) is 6.92 Å². The molecule has 0 heterocycles. The van der Waals surface area contributed by atoms with E-state index in [1.807, 2.05) is 0 Å². The van der Waals surface area contributed by atoms with Crippen molar-refractivity contribution in [2.75, 3.05) is 13.7 Å². The quantitative estimate of drug-likeness (QED) is 0.538. The van der Waals surface area contributed by atoms with E-state index < -0.39 is 6.10 Å². The number of rotatable bonds is 11. The molecule has 0 aliphatic carbocycles. The van der Waals surface area contributed by atoms with Gasteiger partial charge in [-0.1, -0.05) is 39.0 Å². The maximum absolute atomic E-state index is 9.67. The predicted octanol–water partition coefficient (Wildman–Crippen LogP) is 2.50. The van der Waals surface area contributed by atoms with Crippen molar-refractivity contribution in [2.45, 2.75) is 70.5 Å². The third-order valence-electron chi connectivity index (χ3n) is 2.84. The highest BCUT2D eigenvalue weighted by molar-refractivity contribution is 4.63. The number of methoxy groups -OCH3 is 1. The highest BCUT2D eigenvalue weighted by atomic mass is 16.5. The van der Waals surface area contributed by atoms with Gasteiger partial charge >= 0.3 is 0 Å². The summed E-state index contributed by atoms with van der Waals surface area (Å²) in [7, 11) is 1.62. The van der Waals surface area contributed by atoms with Crippen LogP contribution in [0.15, 0.2) is 0 Å². The lowest BCUT2D eigenvalue weighted by Gasteiger charge is -2.15. The Hall–Kier alpha value is -0.120. The zero-order valence-electron chi connectivity index (χ0n) is 10.8. The molecule has 0 fully saturated rings. The van der Waals surface area contributed by atoms with Gasteiger partial charge in [-0.15, -0.1) is 0 Å². The number of hydrogen-bond donors (Lipinski definition) is 2. The first-order valence-electron chi connectivity index (χ1n) is 6.55. The monoisotopic (exact) mass is 232 g/mol. The van der Waals surface area contributed by atoms with E-state index in [0.717, 1.165) is 12.8 Å². The summed E-state index contributed by atoms with van der Waals surface area (Å²) in [6.07, 6.45) is 7.19. The van der Waals surface area contributed by atoms with Crippen molar-refractivity contribution < 1.29 is 14.9 Å². The summed E-state index contributed by atoms with van der Waals surface area (Å²) in [5.74, 6) is 0. The van der Waals surface area contributed by atoms with E-state index in [-0.39, 0.29) is 6.10 Å².